The van der Waals surface area contributed by atoms with E-state index in [-0.39, 0.29) is 11.3 Å². The van der Waals surface area contributed by atoms with Gasteiger partial charge in [0.1, 0.15) is 0 Å². The van der Waals surface area contributed by atoms with Gasteiger partial charge in [-0.15, -0.1) is 0 Å². The Kier molecular flexibility index (Phi) is 7.51. The monoisotopic (exact) mass is 207 g/mol. The van der Waals surface area contributed by atoms with Crippen molar-refractivity contribution in [3.8, 4) is 0 Å². The predicted molar refractivity (Wildman–Crippen MR) is 57.2 cm³/mol. The first-order valence-electron chi connectivity index (χ1n) is 4.73. The van der Waals surface area contributed by atoms with Gasteiger partial charge >= 0.3 is 0 Å². The Bertz CT molecular complexity index is 153. The van der Waals surface area contributed by atoms with Crippen molar-refractivity contribution in [2.24, 2.45) is 5.73 Å². The lowest BCUT2D eigenvalue weighted by Gasteiger charge is -2.13. The molecule has 13 heavy (non-hydrogen) atoms. The maximum absolute atomic E-state index is 11.6. The lowest BCUT2D eigenvalue weighted by molar-refractivity contribution is 0.195. The number of ether oxygens (including phenoxy) is 1. The minimum atomic E-state index is -0.801. The molecule has 0 aromatic rings. The molecule has 3 unspecified atom stereocenters. The molecule has 4 heteroatoms. The van der Waals surface area contributed by atoms with Crippen molar-refractivity contribution in [2.45, 2.75) is 38.0 Å². The van der Waals surface area contributed by atoms with Crippen molar-refractivity contribution in [2.75, 3.05) is 19.5 Å². The lowest BCUT2D eigenvalue weighted by Crippen LogP contribution is -2.30. The molecule has 3 nitrogen and oxygen atoms in total. The number of hydrogen-bond donors (Lipinski definition) is 1. The van der Waals surface area contributed by atoms with E-state index in [1.54, 1.807) is 7.11 Å². The van der Waals surface area contributed by atoms with E-state index in [9.17, 15) is 4.21 Å². The number of rotatable bonds is 7. The molecule has 80 valence electrons. The van der Waals surface area contributed by atoms with Crippen molar-refractivity contribution in [1.29, 1.82) is 0 Å². The Morgan fingerprint density at radius 3 is 2.62 bits per heavy atom. The highest BCUT2D eigenvalue weighted by Gasteiger charge is 2.13. The van der Waals surface area contributed by atoms with E-state index < -0.39 is 10.8 Å². The molecule has 0 aromatic heterocycles. The second-order valence-electron chi connectivity index (χ2n) is 3.31. The van der Waals surface area contributed by atoms with Crippen LogP contribution in [-0.2, 0) is 15.5 Å². The average molecular weight is 207 g/mol. The minimum Gasteiger partial charge on any atom is -0.385 e. The van der Waals surface area contributed by atoms with Crippen LogP contribution in [0.5, 0.6) is 0 Å². The van der Waals surface area contributed by atoms with Crippen molar-refractivity contribution in [3.05, 3.63) is 0 Å². The van der Waals surface area contributed by atoms with Gasteiger partial charge in [-0.2, -0.15) is 0 Å². The first kappa shape index (κ1) is 13.1. The van der Waals surface area contributed by atoms with Crippen LogP contribution in [0.25, 0.3) is 0 Å². The summed E-state index contributed by atoms with van der Waals surface area (Å²) >= 11 is 0. The molecule has 0 radical (unpaired) electrons. The van der Waals surface area contributed by atoms with Gasteiger partial charge < -0.3 is 10.5 Å². The van der Waals surface area contributed by atoms with Gasteiger partial charge in [-0.1, -0.05) is 13.8 Å². The van der Waals surface area contributed by atoms with Gasteiger partial charge in [-0.05, 0) is 12.8 Å². The molecule has 0 amide bonds. The van der Waals surface area contributed by atoms with Crippen LogP contribution in [0.2, 0.25) is 0 Å². The van der Waals surface area contributed by atoms with Crippen LogP contribution in [-0.4, -0.2) is 35.0 Å². The number of nitrogens with two attached hydrogens (primary N) is 1. The van der Waals surface area contributed by atoms with Crippen LogP contribution in [0.15, 0.2) is 0 Å². The molecule has 0 aliphatic heterocycles. The summed E-state index contributed by atoms with van der Waals surface area (Å²) in [5.41, 5.74) is 5.72. The largest absolute Gasteiger partial charge is 0.385 e. The molecule has 0 rings (SSSR count). The van der Waals surface area contributed by atoms with Gasteiger partial charge in [0.2, 0.25) is 0 Å². The zero-order chi connectivity index (χ0) is 10.3. The summed E-state index contributed by atoms with van der Waals surface area (Å²) in [6.45, 7) is 4.67. The first-order chi connectivity index (χ1) is 6.11. The number of methoxy groups -OCH3 is 1. The molecular weight excluding hydrogens is 186 g/mol. The van der Waals surface area contributed by atoms with Gasteiger partial charge in [0, 0.05) is 41.6 Å². The van der Waals surface area contributed by atoms with E-state index in [2.05, 4.69) is 0 Å². The SMILES string of the molecule is CCC(N)CS(=O)C(C)CCOC. The molecule has 0 saturated carbocycles. The quantitative estimate of drug-likeness (QED) is 0.675. The van der Waals surface area contributed by atoms with Gasteiger partial charge in [0.05, 0.1) is 0 Å². The summed E-state index contributed by atoms with van der Waals surface area (Å²) in [5.74, 6) is 0.612. The van der Waals surface area contributed by atoms with E-state index in [1.165, 1.54) is 0 Å². The Morgan fingerprint density at radius 2 is 2.15 bits per heavy atom. The van der Waals surface area contributed by atoms with Crippen LogP contribution in [0.1, 0.15) is 26.7 Å². The van der Waals surface area contributed by atoms with Gasteiger partial charge in [-0.25, -0.2) is 0 Å². The maximum Gasteiger partial charge on any atom is 0.0473 e. The highest BCUT2D eigenvalue weighted by Crippen LogP contribution is 2.04. The molecular formula is C9H21NO2S. The van der Waals surface area contributed by atoms with Crippen LogP contribution in [0, 0.1) is 0 Å². The molecule has 2 N–H and O–H groups in total. The van der Waals surface area contributed by atoms with Gasteiger partial charge in [-0.3, -0.25) is 4.21 Å². The lowest BCUT2D eigenvalue weighted by atomic mass is 10.3. The molecule has 0 heterocycles. The molecule has 0 aliphatic rings. The fourth-order valence-corrected chi connectivity index (χ4v) is 2.25. The molecule has 3 atom stereocenters. The Hall–Kier alpha value is 0.0700. The van der Waals surface area contributed by atoms with E-state index in [4.69, 9.17) is 10.5 Å². The Morgan fingerprint density at radius 1 is 1.54 bits per heavy atom. The highest BCUT2D eigenvalue weighted by atomic mass is 32.2. The average Bonchev–Trinajstić information content (AvgIpc) is 2.13. The summed E-state index contributed by atoms with van der Waals surface area (Å²) in [6, 6.07) is 0.0748. The van der Waals surface area contributed by atoms with E-state index >= 15 is 0 Å². The normalized spacial score (nSPS) is 18.2. The maximum atomic E-state index is 11.6. The van der Waals surface area contributed by atoms with Crippen LogP contribution >= 0.6 is 0 Å². The summed E-state index contributed by atoms with van der Waals surface area (Å²) in [5, 5.41) is 0.192. The van der Waals surface area contributed by atoms with Crippen molar-refractivity contribution >= 4 is 10.8 Å². The van der Waals surface area contributed by atoms with Crippen LogP contribution in [0.3, 0.4) is 0 Å². The van der Waals surface area contributed by atoms with Crippen LogP contribution < -0.4 is 5.73 Å². The van der Waals surface area contributed by atoms with Crippen molar-refractivity contribution in [1.82, 2.24) is 0 Å². The smallest absolute Gasteiger partial charge is 0.0473 e. The van der Waals surface area contributed by atoms with E-state index in [0.29, 0.717) is 12.4 Å². The molecule has 0 fully saturated rings. The Labute approximate surface area is 83.5 Å². The zero-order valence-corrected chi connectivity index (χ0v) is 9.60. The molecule has 0 saturated heterocycles. The second-order valence-corrected chi connectivity index (χ2v) is 5.21. The standard InChI is InChI=1S/C9H21NO2S/c1-4-9(10)7-13(11)8(2)5-6-12-3/h8-9H,4-7,10H2,1-3H3. The third kappa shape index (κ3) is 6.18. The van der Waals surface area contributed by atoms with Crippen molar-refractivity contribution in [3.63, 3.8) is 0 Å². The zero-order valence-electron chi connectivity index (χ0n) is 8.79. The minimum absolute atomic E-state index is 0.0748. The summed E-state index contributed by atoms with van der Waals surface area (Å²) in [6.07, 6.45) is 1.74. The summed E-state index contributed by atoms with van der Waals surface area (Å²) in [7, 11) is 0.859. The third-order valence-electron chi connectivity index (χ3n) is 2.08. The molecule has 0 bridgehead atoms. The van der Waals surface area contributed by atoms with Crippen LogP contribution in [0.4, 0.5) is 0 Å². The predicted octanol–water partition coefficient (Wildman–Crippen LogP) is 0.897. The van der Waals surface area contributed by atoms with Gasteiger partial charge in [0.25, 0.3) is 0 Å². The fourth-order valence-electron chi connectivity index (χ4n) is 0.908. The van der Waals surface area contributed by atoms with E-state index in [1.807, 2.05) is 13.8 Å². The summed E-state index contributed by atoms with van der Waals surface area (Å²) < 4.78 is 16.5. The van der Waals surface area contributed by atoms with Gasteiger partial charge in [0.15, 0.2) is 0 Å². The second kappa shape index (κ2) is 7.47. The molecule has 0 spiro atoms. The molecule has 0 aromatic carbocycles. The topological polar surface area (TPSA) is 52.3 Å². The Balaban J connectivity index is 3.68. The third-order valence-corrected chi connectivity index (χ3v) is 3.97. The fraction of sp³-hybridized carbons (Fsp3) is 1.00. The molecule has 0 aliphatic carbocycles. The highest BCUT2D eigenvalue weighted by molar-refractivity contribution is 7.85. The van der Waals surface area contributed by atoms with E-state index in [0.717, 1.165) is 12.8 Å². The van der Waals surface area contributed by atoms with Crippen molar-refractivity contribution < 1.29 is 8.95 Å². The number of hydrogen-bond acceptors (Lipinski definition) is 3. The first-order valence-corrected chi connectivity index (χ1v) is 6.11. The summed E-state index contributed by atoms with van der Waals surface area (Å²) in [4.78, 5) is 0.